The third-order valence-electron chi connectivity index (χ3n) is 4.62. The van der Waals surface area contributed by atoms with E-state index in [9.17, 15) is 4.79 Å². The number of carbonyl (C=O) groups excluding carboxylic acids is 1. The van der Waals surface area contributed by atoms with E-state index in [1.165, 1.54) is 0 Å². The summed E-state index contributed by atoms with van der Waals surface area (Å²) in [5.74, 6) is 1.54. The maximum absolute atomic E-state index is 12.3. The third kappa shape index (κ3) is 5.68. The molecule has 0 radical (unpaired) electrons. The minimum Gasteiger partial charge on any atom is -0.497 e. The number of aromatic nitrogens is 1. The first kappa shape index (κ1) is 20.1. The fourth-order valence-electron chi connectivity index (χ4n) is 2.93. The van der Waals surface area contributed by atoms with Gasteiger partial charge < -0.3 is 24.4 Å². The van der Waals surface area contributed by atoms with Crippen LogP contribution < -0.4 is 15.0 Å². The maximum atomic E-state index is 12.3. The van der Waals surface area contributed by atoms with Gasteiger partial charge in [-0.1, -0.05) is 12.1 Å². The minimum absolute atomic E-state index is 0.146. The first-order chi connectivity index (χ1) is 13.7. The quantitative estimate of drug-likeness (QED) is 0.751. The van der Waals surface area contributed by atoms with Crippen molar-refractivity contribution in [2.45, 2.75) is 26.2 Å². The molecule has 1 saturated heterocycles. The van der Waals surface area contributed by atoms with Crippen LogP contribution in [0.2, 0.25) is 0 Å². The van der Waals surface area contributed by atoms with E-state index in [0.29, 0.717) is 26.4 Å². The van der Waals surface area contributed by atoms with E-state index in [0.717, 1.165) is 35.8 Å². The number of amides is 1. The zero-order chi connectivity index (χ0) is 19.8. The summed E-state index contributed by atoms with van der Waals surface area (Å²) >= 11 is 0. The summed E-state index contributed by atoms with van der Waals surface area (Å²) in [6.45, 7) is 5.63. The fourth-order valence-corrected chi connectivity index (χ4v) is 2.93. The van der Waals surface area contributed by atoms with Gasteiger partial charge in [-0.15, -0.1) is 0 Å². The molecule has 0 unspecified atom stereocenters. The first-order valence-corrected chi connectivity index (χ1v) is 9.45. The van der Waals surface area contributed by atoms with Crippen LogP contribution in [0, 0.1) is 0 Å². The highest BCUT2D eigenvalue weighted by Crippen LogP contribution is 2.15. The summed E-state index contributed by atoms with van der Waals surface area (Å²) < 4.78 is 16.3. The van der Waals surface area contributed by atoms with E-state index in [-0.39, 0.29) is 5.91 Å². The second kappa shape index (κ2) is 10.1. The molecule has 1 fully saturated rings. The zero-order valence-electron chi connectivity index (χ0n) is 16.4. The minimum atomic E-state index is -0.549. The standard InChI is InChI=1S/C21H27N3O4/c1-16(28-15-18-4-3-5-19(12-18)26-2)21(25)23-14-17-6-7-22-20(13-17)24-8-10-27-11-9-24/h3-7,12-13,16H,8-11,14-15H2,1-2H3,(H,23,25)/t16-/m1/s1. The van der Waals surface area contributed by atoms with Crippen molar-refractivity contribution in [1.29, 1.82) is 0 Å². The molecule has 2 aromatic rings. The van der Waals surface area contributed by atoms with Gasteiger partial charge in [0.15, 0.2) is 0 Å². The molecule has 1 atom stereocenters. The molecule has 0 spiro atoms. The summed E-state index contributed by atoms with van der Waals surface area (Å²) in [5.41, 5.74) is 1.97. The second-order valence-electron chi connectivity index (χ2n) is 6.64. The lowest BCUT2D eigenvalue weighted by Gasteiger charge is -2.28. The lowest BCUT2D eigenvalue weighted by molar-refractivity contribution is -0.132. The molecule has 7 nitrogen and oxygen atoms in total. The molecule has 0 aliphatic carbocycles. The molecular formula is C21H27N3O4. The number of morpholine rings is 1. The van der Waals surface area contributed by atoms with Gasteiger partial charge in [-0.3, -0.25) is 4.79 Å². The highest BCUT2D eigenvalue weighted by Gasteiger charge is 2.15. The summed E-state index contributed by atoms with van der Waals surface area (Å²) in [7, 11) is 1.62. The SMILES string of the molecule is COc1cccc(CO[C@H](C)C(=O)NCc2ccnc(N3CCOCC3)c2)c1. The van der Waals surface area contributed by atoms with Crippen LogP contribution in [-0.4, -0.2) is 50.4 Å². The van der Waals surface area contributed by atoms with E-state index in [1.807, 2.05) is 36.4 Å². The van der Waals surface area contributed by atoms with Crippen LogP contribution in [0.5, 0.6) is 5.75 Å². The van der Waals surface area contributed by atoms with Gasteiger partial charge in [-0.25, -0.2) is 4.98 Å². The largest absolute Gasteiger partial charge is 0.497 e. The van der Waals surface area contributed by atoms with Crippen molar-refractivity contribution >= 4 is 11.7 Å². The molecule has 1 aliphatic rings. The Bertz CT molecular complexity index is 778. The number of hydrogen-bond acceptors (Lipinski definition) is 6. The molecule has 1 aromatic heterocycles. The molecule has 1 N–H and O–H groups in total. The summed E-state index contributed by atoms with van der Waals surface area (Å²) in [6, 6.07) is 11.5. The van der Waals surface area contributed by atoms with Gasteiger partial charge in [0.2, 0.25) is 5.91 Å². The van der Waals surface area contributed by atoms with Crippen LogP contribution in [0.4, 0.5) is 5.82 Å². The number of nitrogens with zero attached hydrogens (tertiary/aromatic N) is 2. The lowest BCUT2D eigenvalue weighted by atomic mass is 10.2. The van der Waals surface area contributed by atoms with Crippen molar-refractivity contribution in [2.24, 2.45) is 0 Å². The summed E-state index contributed by atoms with van der Waals surface area (Å²) in [5, 5.41) is 2.93. The first-order valence-electron chi connectivity index (χ1n) is 9.45. The Kier molecular flexibility index (Phi) is 7.22. The van der Waals surface area contributed by atoms with Crippen molar-refractivity contribution < 1.29 is 19.0 Å². The van der Waals surface area contributed by atoms with E-state index in [2.05, 4.69) is 15.2 Å². The monoisotopic (exact) mass is 385 g/mol. The number of anilines is 1. The number of methoxy groups -OCH3 is 1. The fraction of sp³-hybridized carbons (Fsp3) is 0.429. The van der Waals surface area contributed by atoms with Gasteiger partial charge in [-0.2, -0.15) is 0 Å². The summed E-state index contributed by atoms with van der Waals surface area (Å²) in [6.07, 6.45) is 1.22. The highest BCUT2D eigenvalue weighted by atomic mass is 16.5. The van der Waals surface area contributed by atoms with Crippen LogP contribution >= 0.6 is 0 Å². The van der Waals surface area contributed by atoms with E-state index < -0.39 is 6.10 Å². The van der Waals surface area contributed by atoms with Crippen LogP contribution in [0.15, 0.2) is 42.6 Å². The molecule has 1 aliphatic heterocycles. The molecule has 1 amide bonds. The molecule has 3 rings (SSSR count). The number of nitrogens with one attached hydrogen (secondary N) is 1. The van der Waals surface area contributed by atoms with Gasteiger partial charge in [-0.05, 0) is 42.3 Å². The van der Waals surface area contributed by atoms with Crippen molar-refractivity contribution in [3.8, 4) is 5.75 Å². The number of benzene rings is 1. The van der Waals surface area contributed by atoms with Crippen LogP contribution in [0.3, 0.4) is 0 Å². The molecule has 28 heavy (non-hydrogen) atoms. The molecule has 2 heterocycles. The number of pyridine rings is 1. The van der Waals surface area contributed by atoms with Crippen molar-refractivity contribution in [3.05, 3.63) is 53.7 Å². The van der Waals surface area contributed by atoms with Crippen LogP contribution in [0.1, 0.15) is 18.1 Å². The highest BCUT2D eigenvalue weighted by molar-refractivity contribution is 5.80. The van der Waals surface area contributed by atoms with Crippen molar-refractivity contribution in [1.82, 2.24) is 10.3 Å². The Labute approximate surface area is 165 Å². The average molecular weight is 385 g/mol. The van der Waals surface area contributed by atoms with Crippen molar-refractivity contribution in [3.63, 3.8) is 0 Å². The van der Waals surface area contributed by atoms with Gasteiger partial charge in [0.05, 0.1) is 26.9 Å². The number of ether oxygens (including phenoxy) is 3. The molecular weight excluding hydrogens is 358 g/mol. The van der Waals surface area contributed by atoms with Crippen LogP contribution in [0.25, 0.3) is 0 Å². The van der Waals surface area contributed by atoms with E-state index in [4.69, 9.17) is 14.2 Å². The molecule has 0 saturated carbocycles. The van der Waals surface area contributed by atoms with Gasteiger partial charge in [0, 0.05) is 25.8 Å². The van der Waals surface area contributed by atoms with Gasteiger partial charge in [0.25, 0.3) is 0 Å². The van der Waals surface area contributed by atoms with Crippen molar-refractivity contribution in [2.75, 3.05) is 38.3 Å². The smallest absolute Gasteiger partial charge is 0.249 e. The molecule has 150 valence electrons. The number of rotatable bonds is 8. The molecule has 0 bridgehead atoms. The average Bonchev–Trinajstić information content (AvgIpc) is 2.76. The maximum Gasteiger partial charge on any atom is 0.249 e. The second-order valence-corrected chi connectivity index (χ2v) is 6.64. The Morgan fingerprint density at radius 3 is 2.86 bits per heavy atom. The predicted octanol–water partition coefficient (Wildman–Crippen LogP) is 2.15. The normalized spacial score (nSPS) is 15.1. The van der Waals surface area contributed by atoms with E-state index >= 15 is 0 Å². The summed E-state index contributed by atoms with van der Waals surface area (Å²) in [4.78, 5) is 19.0. The number of hydrogen-bond donors (Lipinski definition) is 1. The lowest BCUT2D eigenvalue weighted by Crippen LogP contribution is -2.37. The van der Waals surface area contributed by atoms with Crippen LogP contribution in [-0.2, 0) is 27.4 Å². The topological polar surface area (TPSA) is 72.9 Å². The Morgan fingerprint density at radius 1 is 1.25 bits per heavy atom. The molecule has 7 heteroatoms. The predicted molar refractivity (Wildman–Crippen MR) is 106 cm³/mol. The Morgan fingerprint density at radius 2 is 2.07 bits per heavy atom. The Balaban J connectivity index is 1.47. The zero-order valence-corrected chi connectivity index (χ0v) is 16.4. The third-order valence-corrected chi connectivity index (χ3v) is 4.62. The van der Waals surface area contributed by atoms with Gasteiger partial charge in [0.1, 0.15) is 17.7 Å². The molecule has 1 aromatic carbocycles. The van der Waals surface area contributed by atoms with Gasteiger partial charge >= 0.3 is 0 Å². The number of carbonyl (C=O) groups is 1. The Hall–Kier alpha value is -2.64. The van der Waals surface area contributed by atoms with E-state index in [1.54, 1.807) is 20.2 Å².